The summed E-state index contributed by atoms with van der Waals surface area (Å²) in [5, 5.41) is 3.19. The van der Waals surface area contributed by atoms with Crippen LogP contribution in [0.1, 0.15) is 65.0 Å². The molecule has 1 N–H and O–H groups in total. The van der Waals surface area contributed by atoms with Crippen LogP contribution in [0.4, 0.5) is 0 Å². The van der Waals surface area contributed by atoms with E-state index < -0.39 is 6.04 Å². The average Bonchev–Trinajstić information content (AvgIpc) is 2.68. The largest absolute Gasteiger partial charge is 0.352 e. The highest BCUT2D eigenvalue weighted by atomic mass is 16.2. The molecular formula is C24H37N3O2. The van der Waals surface area contributed by atoms with Gasteiger partial charge in [0.25, 0.3) is 0 Å². The Morgan fingerprint density at radius 3 is 2.41 bits per heavy atom. The number of rotatable bonds is 6. The van der Waals surface area contributed by atoms with Gasteiger partial charge in [-0.3, -0.25) is 14.5 Å². The Balaban J connectivity index is 1.72. The average molecular weight is 400 g/mol. The SMILES string of the molecule is CC1CC(C)CN(C(C)(C)CNC(=O)C(c2ccccc2)N2CCCCC2=O)C1. The summed E-state index contributed by atoms with van der Waals surface area (Å²) in [6.45, 7) is 12.4. The van der Waals surface area contributed by atoms with Gasteiger partial charge in [0.1, 0.15) is 6.04 Å². The zero-order valence-electron chi connectivity index (χ0n) is 18.5. The van der Waals surface area contributed by atoms with Crippen molar-refractivity contribution < 1.29 is 9.59 Å². The van der Waals surface area contributed by atoms with Gasteiger partial charge in [-0.2, -0.15) is 0 Å². The maximum Gasteiger partial charge on any atom is 0.247 e. The summed E-state index contributed by atoms with van der Waals surface area (Å²) in [7, 11) is 0. The van der Waals surface area contributed by atoms with Crippen LogP contribution in [0.2, 0.25) is 0 Å². The molecule has 3 atom stereocenters. The van der Waals surface area contributed by atoms with E-state index in [1.807, 2.05) is 30.3 Å². The topological polar surface area (TPSA) is 52.7 Å². The molecule has 1 aromatic carbocycles. The number of nitrogens with one attached hydrogen (secondary N) is 1. The number of carbonyl (C=O) groups is 2. The van der Waals surface area contributed by atoms with Crippen molar-refractivity contribution in [2.45, 2.75) is 65.0 Å². The minimum Gasteiger partial charge on any atom is -0.352 e. The van der Waals surface area contributed by atoms with E-state index in [1.165, 1.54) is 6.42 Å². The molecule has 5 nitrogen and oxygen atoms in total. The summed E-state index contributed by atoms with van der Waals surface area (Å²) in [6, 6.07) is 9.17. The number of likely N-dealkylation sites (tertiary alicyclic amines) is 2. The second-order valence-corrected chi connectivity index (χ2v) is 9.74. The monoisotopic (exact) mass is 399 g/mol. The van der Waals surface area contributed by atoms with Gasteiger partial charge < -0.3 is 10.2 Å². The fraction of sp³-hybridized carbons (Fsp3) is 0.667. The van der Waals surface area contributed by atoms with E-state index in [4.69, 9.17) is 0 Å². The van der Waals surface area contributed by atoms with Crippen LogP contribution in [-0.4, -0.2) is 53.3 Å². The van der Waals surface area contributed by atoms with E-state index in [1.54, 1.807) is 4.90 Å². The third kappa shape index (κ3) is 5.39. The minimum absolute atomic E-state index is 0.0716. The van der Waals surface area contributed by atoms with Crippen LogP contribution in [0.3, 0.4) is 0 Å². The number of benzene rings is 1. The van der Waals surface area contributed by atoms with Crippen molar-refractivity contribution in [3.63, 3.8) is 0 Å². The minimum atomic E-state index is -0.543. The van der Waals surface area contributed by atoms with E-state index in [2.05, 4.69) is 37.9 Å². The molecule has 2 heterocycles. The molecule has 3 unspecified atom stereocenters. The standard InChI is InChI=1S/C24H37N3O2/c1-18-14-19(2)16-26(15-18)24(3,4)17-25-23(29)22(20-10-6-5-7-11-20)27-13-9-8-12-21(27)28/h5-7,10-11,18-19,22H,8-9,12-17H2,1-4H3,(H,25,29). The molecule has 0 saturated carbocycles. The van der Waals surface area contributed by atoms with Gasteiger partial charge in [-0.25, -0.2) is 0 Å². The van der Waals surface area contributed by atoms with Gasteiger partial charge in [-0.05, 0) is 50.5 Å². The van der Waals surface area contributed by atoms with Gasteiger partial charge in [0, 0.05) is 38.1 Å². The molecule has 3 rings (SSSR count). The third-order valence-corrected chi connectivity index (χ3v) is 6.46. The Morgan fingerprint density at radius 1 is 1.14 bits per heavy atom. The summed E-state index contributed by atoms with van der Waals surface area (Å²) in [4.78, 5) is 30.2. The first-order valence-corrected chi connectivity index (χ1v) is 11.1. The first-order chi connectivity index (χ1) is 13.8. The lowest BCUT2D eigenvalue weighted by atomic mass is 9.88. The normalized spacial score (nSPS) is 25.0. The highest BCUT2D eigenvalue weighted by Crippen LogP contribution is 2.28. The van der Waals surface area contributed by atoms with Gasteiger partial charge in [-0.1, -0.05) is 44.2 Å². The van der Waals surface area contributed by atoms with E-state index in [0.717, 1.165) is 31.5 Å². The maximum absolute atomic E-state index is 13.3. The lowest BCUT2D eigenvalue weighted by Crippen LogP contribution is -2.57. The Kier molecular flexibility index (Phi) is 6.99. The second kappa shape index (κ2) is 9.29. The molecule has 0 aliphatic carbocycles. The van der Waals surface area contributed by atoms with Gasteiger partial charge in [0.2, 0.25) is 11.8 Å². The molecule has 160 valence electrons. The lowest BCUT2D eigenvalue weighted by Gasteiger charge is -2.45. The number of nitrogens with zero attached hydrogens (tertiary/aromatic N) is 2. The Morgan fingerprint density at radius 2 is 1.79 bits per heavy atom. The van der Waals surface area contributed by atoms with E-state index >= 15 is 0 Å². The highest BCUT2D eigenvalue weighted by Gasteiger charge is 2.36. The van der Waals surface area contributed by atoms with Crippen molar-refractivity contribution in [3.05, 3.63) is 35.9 Å². The van der Waals surface area contributed by atoms with E-state index in [-0.39, 0.29) is 17.4 Å². The number of hydrogen-bond acceptors (Lipinski definition) is 3. The van der Waals surface area contributed by atoms with Crippen LogP contribution in [0.5, 0.6) is 0 Å². The molecule has 2 aliphatic rings. The van der Waals surface area contributed by atoms with Crippen LogP contribution in [0, 0.1) is 11.8 Å². The van der Waals surface area contributed by atoms with Crippen LogP contribution in [-0.2, 0) is 9.59 Å². The first kappa shape index (κ1) is 21.8. The summed E-state index contributed by atoms with van der Waals surface area (Å²) in [5.41, 5.74) is 0.768. The Labute approximate surface area is 175 Å². The highest BCUT2D eigenvalue weighted by molar-refractivity contribution is 5.89. The van der Waals surface area contributed by atoms with Gasteiger partial charge in [0.05, 0.1) is 0 Å². The van der Waals surface area contributed by atoms with Crippen LogP contribution >= 0.6 is 0 Å². The van der Waals surface area contributed by atoms with Crippen molar-refractivity contribution in [3.8, 4) is 0 Å². The van der Waals surface area contributed by atoms with Crippen LogP contribution in [0.15, 0.2) is 30.3 Å². The van der Waals surface area contributed by atoms with Crippen molar-refractivity contribution in [1.82, 2.24) is 15.1 Å². The Hall–Kier alpha value is -1.88. The molecule has 0 aromatic heterocycles. The quantitative estimate of drug-likeness (QED) is 0.795. The zero-order chi connectivity index (χ0) is 21.0. The van der Waals surface area contributed by atoms with Crippen molar-refractivity contribution >= 4 is 11.8 Å². The molecule has 0 radical (unpaired) electrons. The van der Waals surface area contributed by atoms with E-state index in [9.17, 15) is 9.59 Å². The molecule has 0 bridgehead atoms. The smallest absolute Gasteiger partial charge is 0.247 e. The molecular weight excluding hydrogens is 362 g/mol. The number of amides is 2. The molecule has 2 fully saturated rings. The van der Waals surface area contributed by atoms with Gasteiger partial charge in [0.15, 0.2) is 0 Å². The molecule has 2 amide bonds. The summed E-state index contributed by atoms with van der Waals surface area (Å²) >= 11 is 0. The second-order valence-electron chi connectivity index (χ2n) is 9.74. The van der Waals surface area contributed by atoms with E-state index in [0.29, 0.717) is 31.3 Å². The molecule has 0 spiro atoms. The summed E-state index contributed by atoms with van der Waals surface area (Å²) in [5.74, 6) is 1.37. The fourth-order valence-corrected chi connectivity index (χ4v) is 4.88. The molecule has 1 aromatic rings. The van der Waals surface area contributed by atoms with Crippen molar-refractivity contribution in [1.29, 1.82) is 0 Å². The molecule has 2 aliphatic heterocycles. The van der Waals surface area contributed by atoms with Crippen molar-refractivity contribution in [2.75, 3.05) is 26.2 Å². The van der Waals surface area contributed by atoms with Gasteiger partial charge in [-0.15, -0.1) is 0 Å². The number of hydrogen-bond donors (Lipinski definition) is 1. The Bertz CT molecular complexity index is 693. The molecule has 2 saturated heterocycles. The lowest BCUT2D eigenvalue weighted by molar-refractivity contribution is -0.143. The predicted octanol–water partition coefficient (Wildman–Crippen LogP) is 3.61. The van der Waals surface area contributed by atoms with Crippen LogP contribution < -0.4 is 5.32 Å². The van der Waals surface area contributed by atoms with Crippen molar-refractivity contribution in [2.24, 2.45) is 11.8 Å². The van der Waals surface area contributed by atoms with Crippen LogP contribution in [0.25, 0.3) is 0 Å². The van der Waals surface area contributed by atoms with Gasteiger partial charge >= 0.3 is 0 Å². The number of carbonyl (C=O) groups excluding carboxylic acids is 2. The maximum atomic E-state index is 13.3. The summed E-state index contributed by atoms with van der Waals surface area (Å²) in [6.07, 6.45) is 3.67. The summed E-state index contributed by atoms with van der Waals surface area (Å²) < 4.78 is 0. The molecule has 5 heteroatoms. The molecule has 29 heavy (non-hydrogen) atoms. The third-order valence-electron chi connectivity index (χ3n) is 6.46. The first-order valence-electron chi connectivity index (χ1n) is 11.1. The predicted molar refractivity (Wildman–Crippen MR) is 116 cm³/mol. The zero-order valence-corrected chi connectivity index (χ0v) is 18.5. The number of piperidine rings is 2. The fourth-order valence-electron chi connectivity index (χ4n) is 4.88.